The molecule has 1 rings (SSSR count). The minimum atomic E-state index is 0.742. The SMILES string of the molecule is SCc1cncc(Br)c1. The molecule has 3 heteroatoms. The largest absolute Gasteiger partial charge is 0.263 e. The standard InChI is InChI=1S/C6H6BrNS/c7-6-1-5(4-9)2-8-3-6/h1-3,9H,4H2. The van der Waals surface area contributed by atoms with Crippen molar-refractivity contribution in [1.29, 1.82) is 0 Å². The average molecular weight is 204 g/mol. The van der Waals surface area contributed by atoms with Crippen molar-refractivity contribution in [2.75, 3.05) is 0 Å². The van der Waals surface area contributed by atoms with Gasteiger partial charge in [-0.2, -0.15) is 12.6 Å². The number of pyridine rings is 1. The molecule has 0 N–H and O–H groups in total. The van der Waals surface area contributed by atoms with Gasteiger partial charge in [0.25, 0.3) is 0 Å². The van der Waals surface area contributed by atoms with E-state index in [0.717, 1.165) is 15.8 Å². The maximum atomic E-state index is 4.10. The summed E-state index contributed by atoms with van der Waals surface area (Å²) in [5, 5.41) is 0. The molecular weight excluding hydrogens is 198 g/mol. The number of halogens is 1. The third kappa shape index (κ3) is 1.99. The van der Waals surface area contributed by atoms with Crippen molar-refractivity contribution in [1.82, 2.24) is 4.98 Å². The Morgan fingerprint density at radius 3 is 2.78 bits per heavy atom. The van der Waals surface area contributed by atoms with Crippen LogP contribution in [0.15, 0.2) is 22.9 Å². The average Bonchev–Trinajstić information content (AvgIpc) is 1.88. The van der Waals surface area contributed by atoms with Crippen LogP contribution in [-0.4, -0.2) is 4.98 Å². The summed E-state index contributed by atoms with van der Waals surface area (Å²) in [7, 11) is 0. The third-order valence-corrected chi connectivity index (χ3v) is 1.74. The molecule has 0 aliphatic carbocycles. The maximum absolute atomic E-state index is 4.10. The van der Waals surface area contributed by atoms with Crippen LogP contribution in [0.3, 0.4) is 0 Å². The lowest BCUT2D eigenvalue weighted by atomic mass is 10.3. The fourth-order valence-corrected chi connectivity index (χ4v) is 1.13. The summed E-state index contributed by atoms with van der Waals surface area (Å²) < 4.78 is 1.01. The summed E-state index contributed by atoms with van der Waals surface area (Å²) in [5.41, 5.74) is 1.13. The highest BCUT2D eigenvalue weighted by Crippen LogP contribution is 2.10. The summed E-state index contributed by atoms with van der Waals surface area (Å²) in [5.74, 6) is 0.742. The van der Waals surface area contributed by atoms with Gasteiger partial charge in [-0.05, 0) is 27.6 Å². The van der Waals surface area contributed by atoms with Gasteiger partial charge in [0.05, 0.1) is 0 Å². The van der Waals surface area contributed by atoms with Crippen molar-refractivity contribution in [3.05, 3.63) is 28.5 Å². The first-order valence-corrected chi connectivity index (χ1v) is 3.96. The highest BCUT2D eigenvalue weighted by molar-refractivity contribution is 9.10. The first-order chi connectivity index (χ1) is 4.33. The number of aromatic nitrogens is 1. The van der Waals surface area contributed by atoms with Gasteiger partial charge >= 0.3 is 0 Å². The van der Waals surface area contributed by atoms with E-state index in [1.807, 2.05) is 6.07 Å². The van der Waals surface area contributed by atoms with Crippen molar-refractivity contribution < 1.29 is 0 Å². The molecule has 0 spiro atoms. The van der Waals surface area contributed by atoms with E-state index in [-0.39, 0.29) is 0 Å². The van der Waals surface area contributed by atoms with Crippen molar-refractivity contribution >= 4 is 28.6 Å². The lowest BCUT2D eigenvalue weighted by Crippen LogP contribution is -1.78. The fourth-order valence-electron chi connectivity index (χ4n) is 0.542. The molecule has 0 atom stereocenters. The highest BCUT2D eigenvalue weighted by atomic mass is 79.9. The molecule has 0 bridgehead atoms. The zero-order chi connectivity index (χ0) is 6.69. The molecule has 0 unspecified atom stereocenters. The lowest BCUT2D eigenvalue weighted by molar-refractivity contribution is 1.24. The Hall–Kier alpha value is -0.0200. The van der Waals surface area contributed by atoms with Crippen LogP contribution in [-0.2, 0) is 5.75 Å². The predicted molar refractivity (Wildman–Crippen MR) is 44.6 cm³/mol. The normalized spacial score (nSPS) is 9.56. The molecule has 0 amide bonds. The zero-order valence-corrected chi connectivity index (χ0v) is 7.19. The Labute approximate surface area is 68.0 Å². The molecule has 1 aromatic heterocycles. The molecule has 1 aromatic rings. The lowest BCUT2D eigenvalue weighted by Gasteiger charge is -1.92. The van der Waals surface area contributed by atoms with Gasteiger partial charge in [-0.1, -0.05) is 0 Å². The Kier molecular flexibility index (Phi) is 2.54. The maximum Gasteiger partial charge on any atom is 0.0410 e. The van der Waals surface area contributed by atoms with Gasteiger partial charge < -0.3 is 0 Å². The predicted octanol–water partition coefficient (Wildman–Crippen LogP) is 2.27. The molecular formula is C6H6BrNS. The molecule has 1 heterocycles. The second kappa shape index (κ2) is 3.22. The van der Waals surface area contributed by atoms with Gasteiger partial charge in [0, 0.05) is 22.6 Å². The minimum absolute atomic E-state index is 0.742. The Morgan fingerprint density at radius 1 is 1.56 bits per heavy atom. The van der Waals surface area contributed by atoms with Crippen molar-refractivity contribution in [2.24, 2.45) is 0 Å². The van der Waals surface area contributed by atoms with Crippen LogP contribution < -0.4 is 0 Å². The minimum Gasteiger partial charge on any atom is -0.263 e. The van der Waals surface area contributed by atoms with E-state index in [0.29, 0.717) is 0 Å². The molecule has 0 aliphatic heterocycles. The van der Waals surface area contributed by atoms with Crippen molar-refractivity contribution in [3.63, 3.8) is 0 Å². The number of rotatable bonds is 1. The monoisotopic (exact) mass is 203 g/mol. The summed E-state index contributed by atoms with van der Waals surface area (Å²) in [6.45, 7) is 0. The zero-order valence-electron chi connectivity index (χ0n) is 4.71. The molecule has 0 aromatic carbocycles. The number of hydrogen-bond donors (Lipinski definition) is 1. The van der Waals surface area contributed by atoms with E-state index in [1.165, 1.54) is 0 Å². The van der Waals surface area contributed by atoms with Crippen LogP contribution in [0.5, 0.6) is 0 Å². The summed E-state index contributed by atoms with van der Waals surface area (Å²) in [6, 6.07) is 2.00. The molecule has 48 valence electrons. The molecule has 0 aliphatic rings. The molecule has 0 saturated heterocycles. The van der Waals surface area contributed by atoms with Gasteiger partial charge in [-0.3, -0.25) is 4.98 Å². The van der Waals surface area contributed by atoms with Gasteiger partial charge in [0.2, 0.25) is 0 Å². The van der Waals surface area contributed by atoms with Crippen LogP contribution >= 0.6 is 28.6 Å². The first-order valence-electron chi connectivity index (χ1n) is 2.53. The third-order valence-electron chi connectivity index (χ3n) is 0.944. The molecule has 0 fully saturated rings. The van der Waals surface area contributed by atoms with Gasteiger partial charge in [0.1, 0.15) is 0 Å². The van der Waals surface area contributed by atoms with Crippen LogP contribution in [0.4, 0.5) is 0 Å². The van der Waals surface area contributed by atoms with Crippen molar-refractivity contribution in [3.8, 4) is 0 Å². The van der Waals surface area contributed by atoms with E-state index in [4.69, 9.17) is 0 Å². The van der Waals surface area contributed by atoms with E-state index >= 15 is 0 Å². The molecule has 0 saturated carbocycles. The number of thiol groups is 1. The quantitative estimate of drug-likeness (QED) is 0.692. The molecule has 0 radical (unpaired) electrons. The van der Waals surface area contributed by atoms with E-state index < -0.39 is 0 Å². The van der Waals surface area contributed by atoms with Gasteiger partial charge in [-0.25, -0.2) is 0 Å². The van der Waals surface area contributed by atoms with E-state index in [9.17, 15) is 0 Å². The fraction of sp³-hybridized carbons (Fsp3) is 0.167. The summed E-state index contributed by atoms with van der Waals surface area (Å²) in [6.07, 6.45) is 3.56. The van der Waals surface area contributed by atoms with Crippen LogP contribution in [0.2, 0.25) is 0 Å². The second-order valence-electron chi connectivity index (χ2n) is 1.67. The van der Waals surface area contributed by atoms with E-state index in [1.54, 1.807) is 12.4 Å². The topological polar surface area (TPSA) is 12.9 Å². The smallest absolute Gasteiger partial charge is 0.0410 e. The number of nitrogens with zero attached hydrogens (tertiary/aromatic N) is 1. The first kappa shape index (κ1) is 7.09. The molecule has 1 nitrogen and oxygen atoms in total. The molecule has 9 heavy (non-hydrogen) atoms. The van der Waals surface area contributed by atoms with E-state index in [2.05, 4.69) is 33.5 Å². The Bertz CT molecular complexity index is 202. The highest BCUT2D eigenvalue weighted by Gasteiger charge is 1.88. The Balaban J connectivity index is 2.94. The van der Waals surface area contributed by atoms with Crippen LogP contribution in [0.1, 0.15) is 5.56 Å². The van der Waals surface area contributed by atoms with Gasteiger partial charge in [-0.15, -0.1) is 0 Å². The Morgan fingerprint density at radius 2 is 2.33 bits per heavy atom. The summed E-state index contributed by atoms with van der Waals surface area (Å²) in [4.78, 5) is 3.96. The van der Waals surface area contributed by atoms with Crippen LogP contribution in [0.25, 0.3) is 0 Å². The summed E-state index contributed by atoms with van der Waals surface area (Å²) >= 11 is 7.40. The number of hydrogen-bond acceptors (Lipinski definition) is 2. The second-order valence-corrected chi connectivity index (χ2v) is 2.90. The van der Waals surface area contributed by atoms with Crippen LogP contribution in [0, 0.1) is 0 Å². The van der Waals surface area contributed by atoms with Crippen molar-refractivity contribution in [2.45, 2.75) is 5.75 Å². The van der Waals surface area contributed by atoms with Gasteiger partial charge in [0.15, 0.2) is 0 Å².